The van der Waals surface area contributed by atoms with Crippen LogP contribution in [0, 0.1) is 0 Å². The van der Waals surface area contributed by atoms with Gasteiger partial charge in [-0.15, -0.1) is 0 Å². The molecule has 2 heterocycles. The van der Waals surface area contributed by atoms with Crippen molar-refractivity contribution in [2.75, 3.05) is 52.5 Å². The number of rotatable bonds is 15. The number of hydrogen-bond donors (Lipinski definition) is 3. The average molecular weight is 459 g/mol. The Bertz CT molecular complexity index is 525. The van der Waals surface area contributed by atoms with Crippen molar-refractivity contribution in [3.63, 3.8) is 0 Å². The largest absolute Gasteiger partial charge is 0.500 e. The lowest BCUT2D eigenvalue weighted by Crippen LogP contribution is -2.49. The van der Waals surface area contributed by atoms with E-state index in [0.29, 0.717) is 45.5 Å². The predicted molar refractivity (Wildman–Crippen MR) is 122 cm³/mol. The van der Waals surface area contributed by atoms with Gasteiger partial charge in [-0.3, -0.25) is 9.59 Å². The Balaban J connectivity index is 1.90. The molecule has 3 N–H and O–H groups in total. The van der Waals surface area contributed by atoms with Crippen molar-refractivity contribution in [3.05, 3.63) is 0 Å². The summed E-state index contributed by atoms with van der Waals surface area (Å²) in [6.07, 6.45) is 4.52. The first kappa shape index (κ1) is 26.2. The normalized spacial score (nSPS) is 21.4. The molecular weight excluding hydrogens is 416 g/mol. The molecule has 2 amide bonds. The van der Waals surface area contributed by atoms with Crippen LogP contribution in [0.4, 0.5) is 0 Å². The molecule has 0 unspecified atom stereocenters. The summed E-state index contributed by atoms with van der Waals surface area (Å²) in [6.45, 7) is 10.8. The lowest BCUT2D eigenvalue weighted by molar-refractivity contribution is -0.133. The molecule has 2 aliphatic heterocycles. The fourth-order valence-corrected chi connectivity index (χ4v) is 6.87. The number of carbonyl (C=O) groups excluding carboxylic acids is 2. The summed E-state index contributed by atoms with van der Waals surface area (Å²) >= 11 is 0. The maximum atomic E-state index is 13.1. The molecule has 2 atom stereocenters. The van der Waals surface area contributed by atoms with E-state index in [9.17, 15) is 9.59 Å². The van der Waals surface area contributed by atoms with Gasteiger partial charge in [0.2, 0.25) is 11.8 Å². The van der Waals surface area contributed by atoms with Crippen molar-refractivity contribution in [2.45, 2.75) is 71.0 Å². The van der Waals surface area contributed by atoms with Crippen molar-refractivity contribution in [3.8, 4) is 0 Å². The molecule has 2 rings (SSSR count). The summed E-state index contributed by atoms with van der Waals surface area (Å²) in [5.41, 5.74) is 0. The van der Waals surface area contributed by atoms with Gasteiger partial charge in [-0.2, -0.15) is 0 Å². The van der Waals surface area contributed by atoms with Crippen molar-refractivity contribution in [2.24, 2.45) is 0 Å². The van der Waals surface area contributed by atoms with Crippen LogP contribution in [-0.2, 0) is 22.9 Å². The third-order valence-electron chi connectivity index (χ3n) is 5.73. The van der Waals surface area contributed by atoms with E-state index >= 15 is 0 Å². The summed E-state index contributed by atoms with van der Waals surface area (Å²) in [5, 5.41) is 9.49. The smallest absolute Gasteiger partial charge is 0.374 e. The Kier molecular flexibility index (Phi) is 12.0. The molecule has 0 aliphatic carbocycles. The van der Waals surface area contributed by atoms with Crippen LogP contribution >= 0.6 is 0 Å². The first-order valence-corrected chi connectivity index (χ1v) is 13.9. The van der Waals surface area contributed by atoms with Crippen LogP contribution in [-0.4, -0.2) is 90.1 Å². The highest BCUT2D eigenvalue weighted by Crippen LogP contribution is 2.19. The second-order valence-electron chi connectivity index (χ2n) is 8.00. The summed E-state index contributed by atoms with van der Waals surface area (Å²) in [5.74, 6) is 0.140. The standard InChI is InChI=1S/C21H42N4O5Si/c1-4-28-31(29-5-2,30-6-3)17-9-15-25(21(27)19-11-8-13-23-19)16-14-24-20(26)18-10-7-12-22-18/h18-19,22-23H,4-17H2,1-3H3,(H,24,26)/t18-,19-/m0/s1. The van der Waals surface area contributed by atoms with Crippen molar-refractivity contribution < 1.29 is 22.9 Å². The molecule has 31 heavy (non-hydrogen) atoms. The molecule has 2 saturated heterocycles. The maximum Gasteiger partial charge on any atom is 0.500 e. The number of nitrogens with zero attached hydrogens (tertiary/aromatic N) is 1. The first-order chi connectivity index (χ1) is 15.0. The Labute approximate surface area is 188 Å². The first-order valence-electron chi connectivity index (χ1n) is 12.0. The summed E-state index contributed by atoms with van der Waals surface area (Å²) in [7, 11) is -2.73. The molecule has 0 aromatic heterocycles. The van der Waals surface area contributed by atoms with Crippen LogP contribution in [0.15, 0.2) is 0 Å². The molecule has 0 saturated carbocycles. The minimum absolute atomic E-state index is 0.0272. The second kappa shape index (κ2) is 14.2. The van der Waals surface area contributed by atoms with E-state index in [2.05, 4.69) is 16.0 Å². The molecule has 180 valence electrons. The highest BCUT2D eigenvalue weighted by Gasteiger charge is 2.40. The zero-order valence-electron chi connectivity index (χ0n) is 19.5. The maximum absolute atomic E-state index is 13.1. The van der Waals surface area contributed by atoms with Gasteiger partial charge in [0.05, 0.1) is 12.1 Å². The topological polar surface area (TPSA) is 101 Å². The second-order valence-corrected chi connectivity index (χ2v) is 10.7. The Hall–Kier alpha value is -1.04. The van der Waals surface area contributed by atoms with E-state index in [1.807, 2.05) is 25.7 Å². The van der Waals surface area contributed by atoms with Crippen molar-refractivity contribution >= 4 is 20.6 Å². The molecule has 0 spiro atoms. The third-order valence-corrected chi connectivity index (χ3v) is 8.88. The van der Waals surface area contributed by atoms with Gasteiger partial charge in [0.25, 0.3) is 0 Å². The Morgan fingerprint density at radius 2 is 1.52 bits per heavy atom. The van der Waals surface area contributed by atoms with Crippen molar-refractivity contribution in [1.82, 2.24) is 20.9 Å². The summed E-state index contributed by atoms with van der Waals surface area (Å²) < 4.78 is 17.8. The average Bonchev–Trinajstić information content (AvgIpc) is 3.47. The lowest BCUT2D eigenvalue weighted by atomic mass is 10.2. The molecule has 0 radical (unpaired) electrons. The van der Waals surface area contributed by atoms with Crippen LogP contribution in [0.1, 0.15) is 52.9 Å². The molecule has 9 nitrogen and oxygen atoms in total. The highest BCUT2D eigenvalue weighted by atomic mass is 28.4. The van der Waals surface area contributed by atoms with Crippen LogP contribution < -0.4 is 16.0 Å². The zero-order valence-corrected chi connectivity index (χ0v) is 20.5. The molecule has 2 aliphatic rings. The van der Waals surface area contributed by atoms with Gasteiger partial charge >= 0.3 is 8.80 Å². The summed E-state index contributed by atoms with van der Waals surface area (Å²) in [6, 6.07) is 0.443. The van der Waals surface area contributed by atoms with E-state index in [1.165, 1.54) is 0 Å². The van der Waals surface area contributed by atoms with E-state index in [-0.39, 0.29) is 23.9 Å². The minimum atomic E-state index is -2.73. The molecule has 2 fully saturated rings. The fraction of sp³-hybridized carbons (Fsp3) is 0.905. The van der Waals surface area contributed by atoms with Gasteiger partial charge in [-0.05, 0) is 66.0 Å². The molecule has 0 bridgehead atoms. The van der Waals surface area contributed by atoms with Gasteiger partial charge in [-0.25, -0.2) is 0 Å². The zero-order chi connectivity index (χ0) is 22.5. The molecule has 0 aromatic carbocycles. The minimum Gasteiger partial charge on any atom is -0.374 e. The van der Waals surface area contributed by atoms with Crippen LogP contribution in [0.25, 0.3) is 0 Å². The SMILES string of the molecule is CCO[Si](CCCN(CCNC(=O)[C@@H]1CCCN1)C(=O)[C@@H]1CCCN1)(OCC)OCC. The molecule has 0 aromatic rings. The van der Waals surface area contributed by atoms with Crippen LogP contribution in [0.3, 0.4) is 0 Å². The Morgan fingerprint density at radius 3 is 2.03 bits per heavy atom. The van der Waals surface area contributed by atoms with Gasteiger partial charge in [0, 0.05) is 45.5 Å². The number of carbonyl (C=O) groups is 2. The fourth-order valence-electron chi connectivity index (χ4n) is 4.28. The van der Waals surface area contributed by atoms with Crippen LogP contribution in [0.2, 0.25) is 6.04 Å². The van der Waals surface area contributed by atoms with E-state index in [4.69, 9.17) is 13.3 Å². The lowest BCUT2D eigenvalue weighted by Gasteiger charge is -2.30. The van der Waals surface area contributed by atoms with Gasteiger partial charge < -0.3 is 34.1 Å². The van der Waals surface area contributed by atoms with Crippen molar-refractivity contribution in [1.29, 1.82) is 0 Å². The van der Waals surface area contributed by atoms with Gasteiger partial charge in [-0.1, -0.05) is 0 Å². The predicted octanol–water partition coefficient (Wildman–Crippen LogP) is 0.874. The number of nitrogens with one attached hydrogen (secondary N) is 3. The molecule has 10 heteroatoms. The van der Waals surface area contributed by atoms with Gasteiger partial charge in [0.15, 0.2) is 0 Å². The van der Waals surface area contributed by atoms with E-state index in [0.717, 1.165) is 45.2 Å². The Morgan fingerprint density at radius 1 is 0.935 bits per heavy atom. The molecular formula is C21H42N4O5Si. The third kappa shape index (κ3) is 8.43. The van der Waals surface area contributed by atoms with Crippen LogP contribution in [0.5, 0.6) is 0 Å². The quantitative estimate of drug-likeness (QED) is 0.313. The van der Waals surface area contributed by atoms with Gasteiger partial charge in [0.1, 0.15) is 0 Å². The van der Waals surface area contributed by atoms with E-state index in [1.54, 1.807) is 0 Å². The number of amides is 2. The highest BCUT2D eigenvalue weighted by molar-refractivity contribution is 6.60. The monoisotopic (exact) mass is 458 g/mol. The van der Waals surface area contributed by atoms with E-state index < -0.39 is 8.80 Å². The number of hydrogen-bond acceptors (Lipinski definition) is 7. The summed E-state index contributed by atoms with van der Waals surface area (Å²) in [4.78, 5) is 27.2.